The average molecular weight is 442 g/mol. The van der Waals surface area contributed by atoms with E-state index in [1.165, 1.54) is 19.0 Å². The van der Waals surface area contributed by atoms with Crippen molar-refractivity contribution in [1.82, 2.24) is 15.3 Å². The van der Waals surface area contributed by atoms with Gasteiger partial charge in [0.2, 0.25) is 0 Å². The van der Waals surface area contributed by atoms with E-state index in [1.54, 1.807) is 19.5 Å². The number of methoxy groups -OCH3 is 1. The van der Waals surface area contributed by atoms with Crippen molar-refractivity contribution in [1.29, 1.82) is 0 Å². The van der Waals surface area contributed by atoms with Crippen LogP contribution in [0.4, 0.5) is 15.9 Å². The normalized spacial score (nSPS) is 22.9. The molecule has 2 heterocycles. The minimum atomic E-state index is -0.330. The first-order chi connectivity index (χ1) is 15.4. The highest BCUT2D eigenvalue weighted by atomic mass is 19.1. The molecule has 3 N–H and O–H groups in total. The Morgan fingerprint density at radius 1 is 1.12 bits per heavy atom. The third-order valence-electron chi connectivity index (χ3n) is 6.74. The molecule has 2 aliphatic carbocycles. The lowest BCUT2D eigenvalue weighted by Gasteiger charge is -2.31. The van der Waals surface area contributed by atoms with Gasteiger partial charge >= 0.3 is 0 Å². The van der Waals surface area contributed by atoms with E-state index in [1.807, 2.05) is 12.1 Å². The molecule has 0 spiro atoms. The molecule has 0 saturated heterocycles. The lowest BCUT2D eigenvalue weighted by atomic mass is 9.90. The summed E-state index contributed by atoms with van der Waals surface area (Å²) in [7, 11) is 1.74. The van der Waals surface area contributed by atoms with Gasteiger partial charge in [-0.15, -0.1) is 0 Å². The highest BCUT2D eigenvalue weighted by Crippen LogP contribution is 2.44. The number of rotatable bonds is 10. The largest absolute Gasteiger partial charge is 0.383 e. The van der Waals surface area contributed by atoms with Gasteiger partial charge in [-0.05, 0) is 63.0 Å². The first kappa shape index (κ1) is 22.9. The van der Waals surface area contributed by atoms with Gasteiger partial charge in [-0.25, -0.2) is 9.37 Å². The van der Waals surface area contributed by atoms with Crippen LogP contribution in [0.3, 0.4) is 0 Å². The van der Waals surface area contributed by atoms with Gasteiger partial charge in [0.05, 0.1) is 18.5 Å². The number of nitrogens with one attached hydrogen (secondary N) is 3. The molecule has 1 unspecified atom stereocenters. The molecule has 1 atom stereocenters. The number of hydrogen-bond acceptors (Lipinski definition) is 6. The predicted octanol–water partition coefficient (Wildman–Crippen LogP) is 4.84. The number of ether oxygens (including phenoxy) is 1. The Kier molecular flexibility index (Phi) is 7.26. The van der Waals surface area contributed by atoms with Gasteiger partial charge in [-0.2, -0.15) is 0 Å². The van der Waals surface area contributed by atoms with E-state index in [2.05, 4.69) is 39.8 Å². The lowest BCUT2D eigenvalue weighted by molar-refractivity contribution is 0.161. The summed E-state index contributed by atoms with van der Waals surface area (Å²) < 4.78 is 19.8. The van der Waals surface area contributed by atoms with E-state index in [-0.39, 0.29) is 5.82 Å². The van der Waals surface area contributed by atoms with Crippen LogP contribution in [-0.2, 0) is 4.74 Å². The second-order valence-corrected chi connectivity index (χ2v) is 9.89. The molecule has 0 radical (unpaired) electrons. The molecule has 4 rings (SSSR count). The summed E-state index contributed by atoms with van der Waals surface area (Å²) in [5.41, 5.74) is 2.61. The van der Waals surface area contributed by atoms with Gasteiger partial charge in [-0.1, -0.05) is 6.92 Å². The smallest absolute Gasteiger partial charge is 0.149 e. The summed E-state index contributed by atoms with van der Waals surface area (Å²) in [6.07, 6.45) is 11.7. The highest BCUT2D eigenvalue weighted by molar-refractivity contribution is 5.69. The number of aromatic nitrogens is 2. The van der Waals surface area contributed by atoms with Gasteiger partial charge in [-0.3, -0.25) is 4.98 Å². The zero-order chi connectivity index (χ0) is 22.6. The lowest BCUT2D eigenvalue weighted by Crippen LogP contribution is -2.42. The molecule has 2 aliphatic rings. The maximum Gasteiger partial charge on any atom is 0.149 e. The Bertz CT molecular complexity index is 896. The Balaban J connectivity index is 1.36. The van der Waals surface area contributed by atoms with Crippen LogP contribution < -0.4 is 16.0 Å². The van der Waals surface area contributed by atoms with Crippen LogP contribution in [0.15, 0.2) is 30.7 Å². The summed E-state index contributed by atoms with van der Waals surface area (Å²) in [5, 5.41) is 10.6. The summed E-state index contributed by atoms with van der Waals surface area (Å²) >= 11 is 0. The molecule has 2 fully saturated rings. The molecule has 2 saturated carbocycles. The number of halogens is 1. The second-order valence-electron chi connectivity index (χ2n) is 9.89. The van der Waals surface area contributed by atoms with E-state index in [0.717, 1.165) is 55.9 Å². The Labute approximate surface area is 190 Å². The Morgan fingerprint density at radius 3 is 2.59 bits per heavy atom. The van der Waals surface area contributed by atoms with Gasteiger partial charge in [0.25, 0.3) is 0 Å². The van der Waals surface area contributed by atoms with Crippen LogP contribution in [-0.4, -0.2) is 48.4 Å². The van der Waals surface area contributed by atoms with Crippen molar-refractivity contribution in [3.63, 3.8) is 0 Å². The number of pyridine rings is 2. The maximum absolute atomic E-state index is 14.6. The zero-order valence-electron chi connectivity index (χ0n) is 19.5. The van der Waals surface area contributed by atoms with Crippen LogP contribution in [0.25, 0.3) is 11.1 Å². The summed E-state index contributed by atoms with van der Waals surface area (Å²) in [5.74, 6) is 0.387. The molecule has 0 aliphatic heterocycles. The van der Waals surface area contributed by atoms with E-state index >= 15 is 0 Å². The molecule has 0 aromatic carbocycles. The third-order valence-corrected chi connectivity index (χ3v) is 6.74. The fourth-order valence-corrected chi connectivity index (χ4v) is 4.44. The van der Waals surface area contributed by atoms with Crippen molar-refractivity contribution < 1.29 is 9.13 Å². The summed E-state index contributed by atoms with van der Waals surface area (Å²) in [6.45, 7) is 6.09. The molecule has 2 aromatic rings. The highest BCUT2D eigenvalue weighted by Gasteiger charge is 2.36. The van der Waals surface area contributed by atoms with Crippen LogP contribution in [0.2, 0.25) is 0 Å². The van der Waals surface area contributed by atoms with Crippen LogP contribution >= 0.6 is 0 Å². The molecule has 32 heavy (non-hydrogen) atoms. The topological polar surface area (TPSA) is 71.1 Å². The van der Waals surface area contributed by atoms with Crippen molar-refractivity contribution in [3.05, 3.63) is 36.5 Å². The average Bonchev–Trinajstić information content (AvgIpc) is 3.53. The molecule has 6 nitrogen and oxygen atoms in total. The van der Waals surface area contributed by atoms with Crippen molar-refractivity contribution >= 4 is 11.5 Å². The molecule has 174 valence electrons. The molecule has 0 amide bonds. The fraction of sp³-hybridized carbons (Fsp3) is 0.600. The molecular weight excluding hydrogens is 405 g/mol. The SMILES string of the molecule is COCC(C)NC1CCC(Nc2cc(-c3cncc(NCC4(C)CC4)c3)c(F)cn2)CC1. The second kappa shape index (κ2) is 10.1. The fourth-order valence-electron chi connectivity index (χ4n) is 4.44. The van der Waals surface area contributed by atoms with E-state index < -0.39 is 0 Å². The van der Waals surface area contributed by atoms with Crippen molar-refractivity contribution in [3.8, 4) is 11.1 Å². The third kappa shape index (κ3) is 6.17. The molecule has 0 bridgehead atoms. The minimum absolute atomic E-state index is 0.330. The van der Waals surface area contributed by atoms with E-state index in [0.29, 0.717) is 29.1 Å². The first-order valence-corrected chi connectivity index (χ1v) is 11.8. The molecular formula is C25H36FN5O. The zero-order valence-corrected chi connectivity index (χ0v) is 19.5. The predicted molar refractivity (Wildman–Crippen MR) is 127 cm³/mol. The maximum atomic E-state index is 14.6. The van der Waals surface area contributed by atoms with Crippen molar-refractivity contribution in [2.75, 3.05) is 30.9 Å². The van der Waals surface area contributed by atoms with Gasteiger partial charge in [0.15, 0.2) is 0 Å². The quantitative estimate of drug-likeness (QED) is 0.490. The van der Waals surface area contributed by atoms with Crippen LogP contribution in [0.5, 0.6) is 0 Å². The summed E-state index contributed by atoms with van der Waals surface area (Å²) in [6, 6.07) is 5.01. The van der Waals surface area contributed by atoms with Gasteiger partial charge < -0.3 is 20.7 Å². The Morgan fingerprint density at radius 2 is 1.88 bits per heavy atom. The number of nitrogens with zero attached hydrogens (tertiary/aromatic N) is 2. The van der Waals surface area contributed by atoms with E-state index in [4.69, 9.17) is 4.74 Å². The van der Waals surface area contributed by atoms with Crippen molar-refractivity contribution in [2.24, 2.45) is 5.41 Å². The van der Waals surface area contributed by atoms with E-state index in [9.17, 15) is 4.39 Å². The molecule has 2 aromatic heterocycles. The molecule has 7 heteroatoms. The van der Waals surface area contributed by atoms with Gasteiger partial charge in [0, 0.05) is 55.3 Å². The Hall–Kier alpha value is -2.25. The number of anilines is 2. The summed E-state index contributed by atoms with van der Waals surface area (Å²) in [4.78, 5) is 8.62. The van der Waals surface area contributed by atoms with Crippen LogP contribution in [0.1, 0.15) is 52.4 Å². The first-order valence-electron chi connectivity index (χ1n) is 11.8. The monoisotopic (exact) mass is 441 g/mol. The standard InChI is InChI=1S/C25H36FN5O/c1-17(15-32-3)30-19-4-6-20(7-5-19)31-24-11-22(23(26)14-28-24)18-10-21(13-27-12-18)29-16-25(2)8-9-25/h10-14,17,19-20,29-30H,4-9,15-16H2,1-3H3,(H,28,31). The van der Waals surface area contributed by atoms with Crippen LogP contribution in [0, 0.1) is 11.2 Å². The number of hydrogen-bond donors (Lipinski definition) is 3. The van der Waals surface area contributed by atoms with Crippen molar-refractivity contribution in [2.45, 2.75) is 70.5 Å². The van der Waals surface area contributed by atoms with Gasteiger partial charge in [0.1, 0.15) is 11.6 Å². The minimum Gasteiger partial charge on any atom is -0.383 e.